The van der Waals surface area contributed by atoms with Gasteiger partial charge in [0.2, 0.25) is 12.5 Å². The van der Waals surface area contributed by atoms with Crippen LogP contribution in [-0.4, -0.2) is 13.9 Å². The third-order valence-electron chi connectivity index (χ3n) is 3.58. The van der Waals surface area contributed by atoms with Crippen LogP contribution in [0.3, 0.4) is 0 Å². The van der Waals surface area contributed by atoms with Gasteiger partial charge >= 0.3 is 0 Å². The second-order valence-corrected chi connectivity index (χ2v) is 4.94. The molecule has 0 saturated carbocycles. The smallest absolute Gasteiger partial charge is 0.231 e. The highest BCUT2D eigenvalue weighted by Gasteiger charge is 2.19. The van der Waals surface area contributed by atoms with Crippen LogP contribution in [0.5, 0.6) is 17.2 Å². The molecule has 110 valence electrons. The summed E-state index contributed by atoms with van der Waals surface area (Å²) in [4.78, 5) is 0. The average molecular weight is 285 g/mol. The third-order valence-corrected chi connectivity index (χ3v) is 3.58. The molecule has 0 spiro atoms. The maximum atomic E-state index is 5.43. The summed E-state index contributed by atoms with van der Waals surface area (Å²) in [5.41, 5.74) is 3.53. The Hall–Kier alpha value is -2.36. The Balaban J connectivity index is 1.72. The maximum Gasteiger partial charge on any atom is 0.231 e. The van der Waals surface area contributed by atoms with E-state index in [9.17, 15) is 0 Å². The van der Waals surface area contributed by atoms with E-state index in [0.29, 0.717) is 18.0 Å². The molecule has 0 aliphatic carbocycles. The first-order chi connectivity index (χ1) is 10.3. The number of methoxy groups -OCH3 is 1. The second kappa shape index (κ2) is 5.95. The molecule has 1 N–H and O–H groups in total. The van der Waals surface area contributed by atoms with Crippen LogP contribution in [0.25, 0.3) is 0 Å². The second-order valence-electron chi connectivity index (χ2n) is 4.94. The minimum absolute atomic E-state index is 0.251. The summed E-state index contributed by atoms with van der Waals surface area (Å²) in [6.45, 7) is 3.11. The summed E-state index contributed by atoms with van der Waals surface area (Å²) in [6, 6.07) is 12.4. The fraction of sp³-hybridized carbons (Fsp3) is 0.294. The molecule has 2 aromatic carbocycles. The highest BCUT2D eigenvalue weighted by Crippen LogP contribution is 2.41. The van der Waals surface area contributed by atoms with Crippen molar-refractivity contribution in [2.75, 3.05) is 19.2 Å². The van der Waals surface area contributed by atoms with Crippen molar-refractivity contribution in [1.29, 1.82) is 0 Å². The molecule has 2 aromatic rings. The van der Waals surface area contributed by atoms with E-state index < -0.39 is 0 Å². The van der Waals surface area contributed by atoms with Gasteiger partial charge in [0.15, 0.2) is 11.5 Å². The largest absolute Gasteiger partial charge is 0.493 e. The van der Waals surface area contributed by atoms with Crippen molar-refractivity contribution in [3.63, 3.8) is 0 Å². The Labute approximate surface area is 124 Å². The van der Waals surface area contributed by atoms with Gasteiger partial charge in [0.05, 0.1) is 7.11 Å². The van der Waals surface area contributed by atoms with Gasteiger partial charge in [-0.15, -0.1) is 0 Å². The molecule has 0 aromatic heterocycles. The predicted molar refractivity (Wildman–Crippen MR) is 82.3 cm³/mol. The number of nitrogens with one attached hydrogen (secondary N) is 1. The van der Waals surface area contributed by atoms with Gasteiger partial charge in [0, 0.05) is 12.2 Å². The molecule has 0 saturated heterocycles. The molecule has 0 amide bonds. The Morgan fingerprint density at radius 3 is 2.62 bits per heavy atom. The van der Waals surface area contributed by atoms with E-state index in [-0.39, 0.29) is 6.79 Å². The lowest BCUT2D eigenvalue weighted by atomic mass is 10.1. The lowest BCUT2D eigenvalue weighted by Crippen LogP contribution is -2.00. The fourth-order valence-corrected chi connectivity index (χ4v) is 2.35. The van der Waals surface area contributed by atoms with E-state index in [1.54, 1.807) is 7.11 Å². The fourth-order valence-electron chi connectivity index (χ4n) is 2.35. The van der Waals surface area contributed by atoms with Crippen LogP contribution >= 0.6 is 0 Å². The highest BCUT2D eigenvalue weighted by atomic mass is 16.7. The molecule has 3 rings (SSSR count). The first kappa shape index (κ1) is 13.6. The summed E-state index contributed by atoms with van der Waals surface area (Å²) in [7, 11) is 1.64. The van der Waals surface area contributed by atoms with Crippen LogP contribution in [0, 0.1) is 0 Å². The summed E-state index contributed by atoms with van der Waals surface area (Å²) in [6.07, 6.45) is 1.06. The first-order valence-electron chi connectivity index (χ1n) is 7.09. The summed E-state index contributed by atoms with van der Waals surface area (Å²) >= 11 is 0. The standard InChI is InChI=1S/C17H19NO3/c1-3-12-4-6-14(7-5-12)18-10-13-8-15(19-2)17-16(9-13)20-11-21-17/h4-9,18H,3,10-11H2,1-2H3. The van der Waals surface area contributed by atoms with Crippen LogP contribution in [0.1, 0.15) is 18.1 Å². The molecule has 0 bridgehead atoms. The predicted octanol–water partition coefficient (Wildman–Crippen LogP) is 3.60. The van der Waals surface area contributed by atoms with E-state index in [1.807, 2.05) is 12.1 Å². The van der Waals surface area contributed by atoms with E-state index in [1.165, 1.54) is 5.56 Å². The zero-order valence-corrected chi connectivity index (χ0v) is 12.3. The SMILES string of the molecule is CCc1ccc(NCc2cc(OC)c3c(c2)OCO3)cc1. The quantitative estimate of drug-likeness (QED) is 0.911. The van der Waals surface area contributed by atoms with Crippen molar-refractivity contribution in [1.82, 2.24) is 0 Å². The monoisotopic (exact) mass is 285 g/mol. The molecular formula is C17H19NO3. The topological polar surface area (TPSA) is 39.7 Å². The van der Waals surface area contributed by atoms with E-state index in [4.69, 9.17) is 14.2 Å². The number of hydrogen-bond acceptors (Lipinski definition) is 4. The van der Waals surface area contributed by atoms with Crippen molar-refractivity contribution >= 4 is 5.69 Å². The molecule has 0 radical (unpaired) electrons. The number of anilines is 1. The number of benzene rings is 2. The van der Waals surface area contributed by atoms with Gasteiger partial charge in [0.25, 0.3) is 0 Å². The molecule has 1 heterocycles. The van der Waals surface area contributed by atoms with Crippen LogP contribution in [0.4, 0.5) is 5.69 Å². The van der Waals surface area contributed by atoms with Crippen molar-refractivity contribution in [3.8, 4) is 17.2 Å². The highest BCUT2D eigenvalue weighted by molar-refractivity contribution is 5.56. The minimum atomic E-state index is 0.251. The maximum absolute atomic E-state index is 5.43. The van der Waals surface area contributed by atoms with Crippen LogP contribution in [0.2, 0.25) is 0 Å². The molecule has 21 heavy (non-hydrogen) atoms. The van der Waals surface area contributed by atoms with Crippen LogP contribution < -0.4 is 19.5 Å². The Kier molecular flexibility index (Phi) is 3.86. The molecule has 0 unspecified atom stereocenters. The normalized spacial score (nSPS) is 12.3. The zero-order chi connectivity index (χ0) is 14.7. The molecule has 1 aliphatic rings. The van der Waals surface area contributed by atoms with Gasteiger partial charge in [-0.25, -0.2) is 0 Å². The molecule has 1 aliphatic heterocycles. The Morgan fingerprint density at radius 2 is 1.90 bits per heavy atom. The van der Waals surface area contributed by atoms with Crippen molar-refractivity contribution in [2.45, 2.75) is 19.9 Å². The van der Waals surface area contributed by atoms with E-state index in [0.717, 1.165) is 23.4 Å². The molecule has 0 atom stereocenters. The molecular weight excluding hydrogens is 266 g/mol. The summed E-state index contributed by atoms with van der Waals surface area (Å²) < 4.78 is 16.2. The van der Waals surface area contributed by atoms with Gasteiger partial charge in [-0.3, -0.25) is 0 Å². The molecule has 0 fully saturated rings. The van der Waals surface area contributed by atoms with Gasteiger partial charge in [0.1, 0.15) is 0 Å². The molecule has 4 heteroatoms. The number of aryl methyl sites for hydroxylation is 1. The number of fused-ring (bicyclic) bond motifs is 1. The average Bonchev–Trinajstić information content (AvgIpc) is 3.01. The zero-order valence-electron chi connectivity index (χ0n) is 12.3. The number of rotatable bonds is 5. The minimum Gasteiger partial charge on any atom is -0.493 e. The first-order valence-corrected chi connectivity index (χ1v) is 7.09. The van der Waals surface area contributed by atoms with Crippen molar-refractivity contribution in [3.05, 3.63) is 47.5 Å². The summed E-state index contributed by atoms with van der Waals surface area (Å²) in [5, 5.41) is 3.40. The number of hydrogen-bond donors (Lipinski definition) is 1. The number of ether oxygens (including phenoxy) is 3. The summed E-state index contributed by atoms with van der Waals surface area (Å²) in [5.74, 6) is 2.14. The Morgan fingerprint density at radius 1 is 1.10 bits per heavy atom. The van der Waals surface area contributed by atoms with E-state index in [2.05, 4.69) is 36.5 Å². The van der Waals surface area contributed by atoms with Crippen molar-refractivity contribution < 1.29 is 14.2 Å². The van der Waals surface area contributed by atoms with Crippen LogP contribution in [-0.2, 0) is 13.0 Å². The van der Waals surface area contributed by atoms with Gasteiger partial charge < -0.3 is 19.5 Å². The Bertz CT molecular complexity index is 623. The molecule has 4 nitrogen and oxygen atoms in total. The lowest BCUT2D eigenvalue weighted by Gasteiger charge is -2.10. The lowest BCUT2D eigenvalue weighted by molar-refractivity contribution is 0.171. The van der Waals surface area contributed by atoms with Crippen molar-refractivity contribution in [2.24, 2.45) is 0 Å². The van der Waals surface area contributed by atoms with Gasteiger partial charge in [-0.2, -0.15) is 0 Å². The van der Waals surface area contributed by atoms with E-state index >= 15 is 0 Å². The third kappa shape index (κ3) is 2.89. The van der Waals surface area contributed by atoms with Gasteiger partial charge in [-0.1, -0.05) is 19.1 Å². The van der Waals surface area contributed by atoms with Crippen LogP contribution in [0.15, 0.2) is 36.4 Å². The van der Waals surface area contributed by atoms with Gasteiger partial charge in [-0.05, 0) is 41.8 Å².